The van der Waals surface area contributed by atoms with E-state index in [9.17, 15) is 18.8 Å². The SMILES string of the molecule is Cc1c(Cl)cccc1N1C(=O)NC(=O)C(=Cc2cccn2-c2ccccc2F)C1=O. The molecule has 1 fully saturated rings. The Hall–Kier alpha value is -3.71. The Kier molecular flexibility index (Phi) is 4.97. The molecule has 0 bridgehead atoms. The summed E-state index contributed by atoms with van der Waals surface area (Å²) in [6.45, 7) is 1.67. The average Bonchev–Trinajstić information content (AvgIpc) is 3.16. The standard InChI is InChI=1S/C22H15ClFN3O3/c1-13-16(23)7-4-10-18(13)27-21(29)15(20(28)25-22(27)30)12-14-6-5-11-26(14)19-9-3-2-8-17(19)24/h2-12H,1H3,(H,25,28,30). The van der Waals surface area contributed by atoms with Crippen LogP contribution in [0.25, 0.3) is 11.8 Å². The highest BCUT2D eigenvalue weighted by molar-refractivity contribution is 6.39. The van der Waals surface area contributed by atoms with Crippen molar-refractivity contribution >= 4 is 41.2 Å². The van der Waals surface area contributed by atoms with Crippen molar-refractivity contribution in [1.82, 2.24) is 9.88 Å². The summed E-state index contributed by atoms with van der Waals surface area (Å²) < 4.78 is 15.7. The number of para-hydroxylation sites is 1. The van der Waals surface area contributed by atoms with Crippen LogP contribution in [0.1, 0.15) is 11.3 Å². The first-order chi connectivity index (χ1) is 14.4. The van der Waals surface area contributed by atoms with E-state index in [1.165, 1.54) is 16.7 Å². The predicted molar refractivity (Wildman–Crippen MR) is 111 cm³/mol. The van der Waals surface area contributed by atoms with Gasteiger partial charge in [0.1, 0.15) is 11.4 Å². The van der Waals surface area contributed by atoms with Crippen molar-refractivity contribution in [3.63, 3.8) is 0 Å². The van der Waals surface area contributed by atoms with Gasteiger partial charge in [-0.1, -0.05) is 29.8 Å². The molecule has 4 amide bonds. The molecule has 0 radical (unpaired) electrons. The van der Waals surface area contributed by atoms with Crippen molar-refractivity contribution < 1.29 is 18.8 Å². The van der Waals surface area contributed by atoms with E-state index in [1.54, 1.807) is 61.7 Å². The van der Waals surface area contributed by atoms with Gasteiger partial charge in [-0.3, -0.25) is 14.9 Å². The van der Waals surface area contributed by atoms with Crippen LogP contribution in [0.4, 0.5) is 14.9 Å². The molecule has 0 atom stereocenters. The predicted octanol–water partition coefficient (Wildman–Crippen LogP) is 4.24. The molecule has 0 saturated carbocycles. The number of aromatic nitrogens is 1. The summed E-state index contributed by atoms with van der Waals surface area (Å²) in [5, 5.41) is 2.55. The first kappa shape index (κ1) is 19.6. The first-order valence-corrected chi connectivity index (χ1v) is 9.35. The lowest BCUT2D eigenvalue weighted by atomic mass is 10.1. The Bertz CT molecular complexity index is 1230. The summed E-state index contributed by atoms with van der Waals surface area (Å²) in [7, 11) is 0. The van der Waals surface area contributed by atoms with Crippen LogP contribution in [0.15, 0.2) is 66.4 Å². The van der Waals surface area contributed by atoms with Crippen LogP contribution >= 0.6 is 11.6 Å². The van der Waals surface area contributed by atoms with E-state index in [0.717, 1.165) is 4.90 Å². The number of benzene rings is 2. The van der Waals surface area contributed by atoms with Crippen LogP contribution in [-0.2, 0) is 9.59 Å². The second kappa shape index (κ2) is 7.61. The van der Waals surface area contributed by atoms with Gasteiger partial charge >= 0.3 is 6.03 Å². The molecule has 4 rings (SSSR count). The van der Waals surface area contributed by atoms with Crippen molar-refractivity contribution in [1.29, 1.82) is 0 Å². The molecule has 2 aromatic carbocycles. The quantitative estimate of drug-likeness (QED) is 0.506. The second-order valence-electron chi connectivity index (χ2n) is 6.60. The maximum Gasteiger partial charge on any atom is 0.335 e. The van der Waals surface area contributed by atoms with Crippen LogP contribution < -0.4 is 10.2 Å². The van der Waals surface area contributed by atoms with Crippen molar-refractivity contribution in [2.75, 3.05) is 4.90 Å². The highest BCUT2D eigenvalue weighted by Crippen LogP contribution is 2.29. The Morgan fingerprint density at radius 2 is 1.70 bits per heavy atom. The Labute approximate surface area is 176 Å². The summed E-state index contributed by atoms with van der Waals surface area (Å²) in [5.41, 5.74) is 1.19. The van der Waals surface area contributed by atoms with Gasteiger partial charge in [-0.25, -0.2) is 14.1 Å². The van der Waals surface area contributed by atoms with Crippen molar-refractivity contribution in [2.45, 2.75) is 6.92 Å². The maximum absolute atomic E-state index is 14.2. The number of amides is 4. The summed E-state index contributed by atoms with van der Waals surface area (Å²) >= 11 is 6.12. The molecule has 0 spiro atoms. The zero-order valence-corrected chi connectivity index (χ0v) is 16.5. The molecular weight excluding hydrogens is 409 g/mol. The summed E-state index contributed by atoms with van der Waals surface area (Å²) in [4.78, 5) is 38.8. The lowest BCUT2D eigenvalue weighted by Crippen LogP contribution is -2.54. The highest BCUT2D eigenvalue weighted by atomic mass is 35.5. The van der Waals surface area contributed by atoms with Gasteiger partial charge in [0.05, 0.1) is 11.4 Å². The molecule has 1 saturated heterocycles. The van der Waals surface area contributed by atoms with Crippen molar-refractivity contribution in [3.05, 3.63) is 88.5 Å². The molecule has 1 aromatic heterocycles. The maximum atomic E-state index is 14.2. The number of urea groups is 1. The average molecular weight is 424 g/mol. The molecule has 3 aromatic rings. The largest absolute Gasteiger partial charge is 0.335 e. The van der Waals surface area contributed by atoms with Crippen molar-refractivity contribution in [3.8, 4) is 5.69 Å². The summed E-state index contributed by atoms with van der Waals surface area (Å²) in [5.74, 6) is -2.09. The molecule has 150 valence electrons. The van der Waals surface area contributed by atoms with Crippen LogP contribution in [0.2, 0.25) is 5.02 Å². The molecule has 0 aliphatic carbocycles. The van der Waals surface area contributed by atoms with Crippen LogP contribution in [0.3, 0.4) is 0 Å². The summed E-state index contributed by atoms with van der Waals surface area (Å²) in [6.07, 6.45) is 2.93. The summed E-state index contributed by atoms with van der Waals surface area (Å²) in [6, 6.07) is 13.4. The molecular formula is C22H15ClFN3O3. The molecule has 1 aliphatic heterocycles. The number of rotatable bonds is 3. The fourth-order valence-electron chi connectivity index (χ4n) is 3.24. The van der Waals surface area contributed by atoms with E-state index in [2.05, 4.69) is 5.32 Å². The highest BCUT2D eigenvalue weighted by Gasteiger charge is 2.37. The lowest BCUT2D eigenvalue weighted by molar-refractivity contribution is -0.122. The fourth-order valence-corrected chi connectivity index (χ4v) is 3.41. The molecule has 2 heterocycles. The number of anilines is 1. The number of halogens is 2. The van der Waals surface area contributed by atoms with Gasteiger partial charge in [0.15, 0.2) is 0 Å². The van der Waals surface area contributed by atoms with Gasteiger partial charge in [-0.15, -0.1) is 0 Å². The van der Waals surface area contributed by atoms with E-state index < -0.39 is 23.7 Å². The molecule has 8 heteroatoms. The molecule has 1 N–H and O–H groups in total. The van der Waals surface area contributed by atoms with E-state index in [-0.39, 0.29) is 16.9 Å². The van der Waals surface area contributed by atoms with Crippen molar-refractivity contribution in [2.24, 2.45) is 0 Å². The third kappa shape index (κ3) is 3.29. The lowest BCUT2D eigenvalue weighted by Gasteiger charge is -2.27. The van der Waals surface area contributed by atoms with E-state index in [0.29, 0.717) is 16.3 Å². The van der Waals surface area contributed by atoms with Gasteiger partial charge in [-0.05, 0) is 55.0 Å². The normalized spacial score (nSPS) is 15.6. The third-order valence-corrected chi connectivity index (χ3v) is 5.18. The number of carbonyl (C=O) groups is 3. The topological polar surface area (TPSA) is 71.4 Å². The Morgan fingerprint density at radius 1 is 0.967 bits per heavy atom. The first-order valence-electron chi connectivity index (χ1n) is 8.97. The number of imide groups is 2. The number of nitrogens with zero attached hydrogens (tertiary/aromatic N) is 2. The van der Waals surface area contributed by atoms with Gasteiger partial charge < -0.3 is 4.57 Å². The smallest absolute Gasteiger partial charge is 0.314 e. The monoisotopic (exact) mass is 423 g/mol. The minimum atomic E-state index is -0.864. The van der Waals surface area contributed by atoms with Crippen LogP contribution in [0.5, 0.6) is 0 Å². The van der Waals surface area contributed by atoms with E-state index in [4.69, 9.17) is 11.6 Å². The van der Waals surface area contributed by atoms with E-state index in [1.807, 2.05) is 0 Å². The Morgan fingerprint density at radius 3 is 2.47 bits per heavy atom. The van der Waals surface area contributed by atoms with Gasteiger partial charge in [0, 0.05) is 16.9 Å². The minimum absolute atomic E-state index is 0.259. The Balaban J connectivity index is 1.79. The number of carbonyl (C=O) groups excluding carboxylic acids is 3. The zero-order chi connectivity index (χ0) is 21.4. The fraction of sp³-hybridized carbons (Fsp3) is 0.0455. The minimum Gasteiger partial charge on any atom is -0.314 e. The van der Waals surface area contributed by atoms with Crippen LogP contribution in [-0.4, -0.2) is 22.4 Å². The molecule has 6 nitrogen and oxygen atoms in total. The number of hydrogen-bond acceptors (Lipinski definition) is 3. The van der Waals surface area contributed by atoms with Gasteiger partial charge in [0.2, 0.25) is 0 Å². The van der Waals surface area contributed by atoms with Crippen LogP contribution in [0, 0.1) is 12.7 Å². The zero-order valence-electron chi connectivity index (χ0n) is 15.7. The van der Waals surface area contributed by atoms with Gasteiger partial charge in [0.25, 0.3) is 11.8 Å². The van der Waals surface area contributed by atoms with Gasteiger partial charge in [-0.2, -0.15) is 0 Å². The molecule has 1 aliphatic rings. The molecule has 0 unspecified atom stereocenters. The molecule has 30 heavy (non-hydrogen) atoms. The number of nitrogens with one attached hydrogen (secondary N) is 1. The number of barbiturate groups is 1. The third-order valence-electron chi connectivity index (χ3n) is 4.77. The second-order valence-corrected chi connectivity index (χ2v) is 7.00. The number of hydrogen-bond donors (Lipinski definition) is 1. The van der Waals surface area contributed by atoms with E-state index >= 15 is 0 Å².